The largest absolute Gasteiger partial charge is 0.399 e. The van der Waals surface area contributed by atoms with E-state index < -0.39 is 5.41 Å². The van der Waals surface area contributed by atoms with Gasteiger partial charge in [-0.2, -0.15) is 0 Å². The van der Waals surface area contributed by atoms with Crippen molar-refractivity contribution in [3.63, 3.8) is 0 Å². The molecule has 3 heteroatoms. The zero-order valence-electron chi connectivity index (χ0n) is 13.2. The van der Waals surface area contributed by atoms with Crippen LogP contribution in [0.4, 0.5) is 5.69 Å². The van der Waals surface area contributed by atoms with Crippen molar-refractivity contribution in [1.82, 2.24) is 4.90 Å². The molecule has 20 heavy (non-hydrogen) atoms. The summed E-state index contributed by atoms with van der Waals surface area (Å²) >= 11 is 0. The number of nitrogens with zero attached hydrogens (tertiary/aromatic N) is 1. The molecular formula is C17H26N2O. The Labute approximate surface area is 122 Å². The number of carbonyl (C=O) groups is 1. The molecule has 0 aromatic heterocycles. The van der Waals surface area contributed by atoms with Crippen molar-refractivity contribution in [3.05, 3.63) is 42.5 Å². The molecule has 0 radical (unpaired) electrons. The number of benzene rings is 1. The van der Waals surface area contributed by atoms with Crippen LogP contribution in [-0.2, 0) is 10.2 Å². The Morgan fingerprint density at radius 1 is 1.20 bits per heavy atom. The highest BCUT2D eigenvalue weighted by molar-refractivity contribution is 5.88. The zero-order valence-corrected chi connectivity index (χ0v) is 13.2. The van der Waals surface area contributed by atoms with Crippen LogP contribution in [0.3, 0.4) is 0 Å². The van der Waals surface area contributed by atoms with E-state index in [2.05, 4.69) is 6.58 Å². The third-order valence-corrected chi connectivity index (χ3v) is 3.53. The topological polar surface area (TPSA) is 46.3 Å². The molecule has 0 saturated carbocycles. The lowest BCUT2D eigenvalue weighted by atomic mass is 9.82. The van der Waals surface area contributed by atoms with Crippen molar-refractivity contribution in [1.29, 1.82) is 0 Å². The fraction of sp³-hybridized carbons (Fsp3) is 0.471. The van der Waals surface area contributed by atoms with Crippen molar-refractivity contribution < 1.29 is 4.79 Å². The second-order valence-corrected chi connectivity index (χ2v) is 6.62. The minimum atomic E-state index is -0.593. The van der Waals surface area contributed by atoms with Crippen LogP contribution in [-0.4, -0.2) is 22.9 Å². The Morgan fingerprint density at radius 3 is 2.10 bits per heavy atom. The van der Waals surface area contributed by atoms with Crippen molar-refractivity contribution in [2.24, 2.45) is 0 Å². The smallest absolute Gasteiger partial charge is 0.233 e. The molecule has 0 saturated heterocycles. The van der Waals surface area contributed by atoms with E-state index in [9.17, 15) is 4.79 Å². The van der Waals surface area contributed by atoms with Crippen LogP contribution >= 0.6 is 0 Å². The number of hydrogen-bond acceptors (Lipinski definition) is 2. The lowest BCUT2D eigenvalue weighted by Gasteiger charge is -2.40. The third-order valence-electron chi connectivity index (χ3n) is 3.53. The van der Waals surface area contributed by atoms with E-state index in [1.807, 2.05) is 63.8 Å². The average Bonchev–Trinajstić information content (AvgIpc) is 2.34. The molecule has 0 unspecified atom stereocenters. The second-order valence-electron chi connectivity index (χ2n) is 6.62. The number of hydrogen-bond donors (Lipinski definition) is 1. The minimum Gasteiger partial charge on any atom is -0.399 e. The Hall–Kier alpha value is -1.77. The first-order chi connectivity index (χ1) is 9.10. The molecule has 1 rings (SSSR count). The van der Waals surface area contributed by atoms with Crippen LogP contribution in [0.2, 0.25) is 0 Å². The summed E-state index contributed by atoms with van der Waals surface area (Å²) in [6.07, 6.45) is 1.77. The van der Waals surface area contributed by atoms with E-state index in [0.717, 1.165) is 5.56 Å². The summed E-state index contributed by atoms with van der Waals surface area (Å²) < 4.78 is 0. The molecule has 0 aliphatic carbocycles. The average molecular weight is 274 g/mol. The van der Waals surface area contributed by atoms with Crippen LogP contribution in [0, 0.1) is 0 Å². The molecule has 0 bridgehead atoms. The number of rotatable bonds is 4. The van der Waals surface area contributed by atoms with E-state index in [1.165, 1.54) is 0 Å². The van der Waals surface area contributed by atoms with Gasteiger partial charge in [-0.1, -0.05) is 18.2 Å². The Bertz CT molecular complexity index is 481. The highest BCUT2D eigenvalue weighted by atomic mass is 16.2. The van der Waals surface area contributed by atoms with Crippen molar-refractivity contribution >= 4 is 11.6 Å². The van der Waals surface area contributed by atoms with Crippen LogP contribution in [0.1, 0.15) is 40.2 Å². The lowest BCUT2D eigenvalue weighted by Crippen LogP contribution is -2.52. The van der Waals surface area contributed by atoms with E-state index >= 15 is 0 Å². The summed E-state index contributed by atoms with van der Waals surface area (Å²) in [5, 5.41) is 0. The maximum atomic E-state index is 12.9. The molecule has 1 amide bonds. The van der Waals surface area contributed by atoms with Gasteiger partial charge in [-0.3, -0.25) is 4.79 Å². The molecule has 0 spiro atoms. The van der Waals surface area contributed by atoms with E-state index in [0.29, 0.717) is 12.2 Å². The van der Waals surface area contributed by atoms with Gasteiger partial charge in [0.1, 0.15) is 0 Å². The van der Waals surface area contributed by atoms with Gasteiger partial charge in [-0.05, 0) is 52.3 Å². The summed E-state index contributed by atoms with van der Waals surface area (Å²) in [6.45, 7) is 14.3. The van der Waals surface area contributed by atoms with Crippen LogP contribution < -0.4 is 5.73 Å². The number of amides is 1. The molecule has 1 aromatic carbocycles. The predicted octanol–water partition coefficient (Wildman–Crippen LogP) is 3.36. The Kier molecular flexibility index (Phi) is 4.64. The first kappa shape index (κ1) is 16.3. The summed E-state index contributed by atoms with van der Waals surface area (Å²) in [5.41, 5.74) is 6.55. The molecule has 110 valence electrons. The monoisotopic (exact) mass is 274 g/mol. The van der Waals surface area contributed by atoms with E-state index in [4.69, 9.17) is 5.73 Å². The molecule has 0 atom stereocenters. The first-order valence-electron chi connectivity index (χ1n) is 6.89. The summed E-state index contributed by atoms with van der Waals surface area (Å²) in [5.74, 6) is 0.0923. The number of nitrogens with two attached hydrogens (primary N) is 1. The Morgan fingerprint density at radius 2 is 1.70 bits per heavy atom. The summed E-state index contributed by atoms with van der Waals surface area (Å²) in [7, 11) is 0. The number of carbonyl (C=O) groups excluding carboxylic acids is 1. The highest BCUT2D eigenvalue weighted by Crippen LogP contribution is 2.29. The quantitative estimate of drug-likeness (QED) is 0.676. The maximum absolute atomic E-state index is 12.9. The molecule has 2 N–H and O–H groups in total. The summed E-state index contributed by atoms with van der Waals surface area (Å²) in [6, 6.07) is 7.50. The fourth-order valence-electron chi connectivity index (χ4n) is 2.15. The van der Waals surface area contributed by atoms with Crippen LogP contribution in [0.15, 0.2) is 36.9 Å². The van der Waals surface area contributed by atoms with Gasteiger partial charge in [0.15, 0.2) is 0 Å². The van der Waals surface area contributed by atoms with Gasteiger partial charge in [0, 0.05) is 17.8 Å². The molecule has 0 heterocycles. The maximum Gasteiger partial charge on any atom is 0.233 e. The van der Waals surface area contributed by atoms with Gasteiger partial charge in [-0.25, -0.2) is 0 Å². The molecule has 3 nitrogen and oxygen atoms in total. The van der Waals surface area contributed by atoms with Crippen LogP contribution in [0.5, 0.6) is 0 Å². The number of anilines is 1. The van der Waals surface area contributed by atoms with E-state index in [1.54, 1.807) is 6.08 Å². The normalized spacial score (nSPS) is 12.1. The van der Waals surface area contributed by atoms with E-state index in [-0.39, 0.29) is 11.4 Å². The highest BCUT2D eigenvalue weighted by Gasteiger charge is 2.37. The number of nitrogen functional groups attached to an aromatic ring is 1. The van der Waals surface area contributed by atoms with Crippen LogP contribution in [0.25, 0.3) is 0 Å². The summed E-state index contributed by atoms with van der Waals surface area (Å²) in [4.78, 5) is 14.8. The molecule has 0 aliphatic rings. The first-order valence-corrected chi connectivity index (χ1v) is 6.89. The van der Waals surface area contributed by atoms with Crippen molar-refractivity contribution in [2.75, 3.05) is 12.3 Å². The van der Waals surface area contributed by atoms with Gasteiger partial charge in [-0.15, -0.1) is 6.58 Å². The molecule has 1 aromatic rings. The van der Waals surface area contributed by atoms with Gasteiger partial charge in [0.25, 0.3) is 0 Å². The fourth-order valence-corrected chi connectivity index (χ4v) is 2.15. The second kappa shape index (κ2) is 5.70. The van der Waals surface area contributed by atoms with Gasteiger partial charge in [0.05, 0.1) is 5.41 Å². The zero-order chi connectivity index (χ0) is 15.6. The SMILES string of the molecule is C=CCN(C(=O)C(C)(C)c1ccc(N)cc1)C(C)(C)C. The minimum absolute atomic E-state index is 0.0923. The molecule has 0 aliphatic heterocycles. The predicted molar refractivity (Wildman–Crippen MR) is 85.5 cm³/mol. The third kappa shape index (κ3) is 3.41. The molecule has 0 fully saturated rings. The van der Waals surface area contributed by atoms with Crippen molar-refractivity contribution in [3.8, 4) is 0 Å². The van der Waals surface area contributed by atoms with Crippen molar-refractivity contribution in [2.45, 2.75) is 45.6 Å². The van der Waals surface area contributed by atoms with Gasteiger partial charge >= 0.3 is 0 Å². The Balaban J connectivity index is 3.14. The van der Waals surface area contributed by atoms with Gasteiger partial charge in [0.2, 0.25) is 5.91 Å². The molecular weight excluding hydrogens is 248 g/mol. The lowest BCUT2D eigenvalue weighted by molar-refractivity contribution is -0.140. The van der Waals surface area contributed by atoms with Gasteiger partial charge < -0.3 is 10.6 Å². The standard InChI is InChI=1S/C17H26N2O/c1-7-12-19(16(2,3)4)15(20)17(5,6)13-8-10-14(18)11-9-13/h7-11H,1,12,18H2,2-6H3.